The summed E-state index contributed by atoms with van der Waals surface area (Å²) in [4.78, 5) is 0. The third-order valence-electron chi connectivity index (χ3n) is 2.50. The van der Waals surface area contributed by atoms with Crippen molar-refractivity contribution in [2.24, 2.45) is 10.9 Å². The predicted molar refractivity (Wildman–Crippen MR) is 71.7 cm³/mol. The molecule has 0 aliphatic carbocycles. The average Bonchev–Trinajstić information content (AvgIpc) is 2.31. The smallest absolute Gasteiger partial charge is 0.180 e. The summed E-state index contributed by atoms with van der Waals surface area (Å²) in [5, 5.41) is 11.6. The summed E-state index contributed by atoms with van der Waals surface area (Å²) >= 11 is 3.50. The first kappa shape index (κ1) is 13.8. The van der Waals surface area contributed by atoms with Crippen molar-refractivity contribution in [1.82, 2.24) is 0 Å². The van der Waals surface area contributed by atoms with Gasteiger partial charge in [-0.1, -0.05) is 28.0 Å². The zero-order valence-electron chi connectivity index (χ0n) is 10.2. The highest BCUT2D eigenvalue weighted by Crippen LogP contribution is 2.27. The van der Waals surface area contributed by atoms with Gasteiger partial charge >= 0.3 is 0 Å². The summed E-state index contributed by atoms with van der Waals surface area (Å²) in [6, 6.07) is 3.84. The van der Waals surface area contributed by atoms with Gasteiger partial charge in [0.1, 0.15) is 5.75 Å². The molecule has 1 atom stereocenters. The standard InChI is InChI=1S/C12H17BrN2O2/c1-4-10(12(14)15-16)17-9-5-7(2)11(13)8(3)6-9/h5-6,10,16H,4H2,1-3H3,(H2,14,15). The van der Waals surface area contributed by atoms with Crippen molar-refractivity contribution in [3.8, 4) is 5.75 Å². The van der Waals surface area contributed by atoms with Gasteiger partial charge in [-0.05, 0) is 43.5 Å². The van der Waals surface area contributed by atoms with E-state index >= 15 is 0 Å². The van der Waals surface area contributed by atoms with Crippen LogP contribution in [0.2, 0.25) is 0 Å². The fraction of sp³-hybridized carbons (Fsp3) is 0.417. The van der Waals surface area contributed by atoms with E-state index in [1.165, 1.54) is 0 Å². The van der Waals surface area contributed by atoms with Gasteiger partial charge in [-0.2, -0.15) is 0 Å². The lowest BCUT2D eigenvalue weighted by Gasteiger charge is -2.17. The van der Waals surface area contributed by atoms with E-state index in [2.05, 4.69) is 21.1 Å². The molecule has 1 unspecified atom stereocenters. The summed E-state index contributed by atoms with van der Waals surface area (Å²) in [5.74, 6) is 0.812. The number of hydrogen-bond donors (Lipinski definition) is 2. The Kier molecular flexibility index (Phi) is 4.81. The van der Waals surface area contributed by atoms with Crippen molar-refractivity contribution in [2.75, 3.05) is 0 Å². The van der Waals surface area contributed by atoms with E-state index in [0.29, 0.717) is 6.42 Å². The Balaban J connectivity index is 2.95. The number of halogens is 1. The Bertz CT molecular complexity index is 410. The van der Waals surface area contributed by atoms with Gasteiger partial charge in [-0.15, -0.1) is 0 Å². The molecule has 1 rings (SSSR count). The molecular weight excluding hydrogens is 284 g/mol. The maximum absolute atomic E-state index is 8.64. The minimum Gasteiger partial charge on any atom is -0.482 e. The topological polar surface area (TPSA) is 67.8 Å². The number of nitrogens with two attached hydrogens (primary N) is 1. The maximum Gasteiger partial charge on any atom is 0.180 e. The molecule has 94 valence electrons. The van der Waals surface area contributed by atoms with Crippen LogP contribution in [0.1, 0.15) is 24.5 Å². The predicted octanol–water partition coefficient (Wildman–Crippen LogP) is 2.97. The molecule has 4 nitrogen and oxygen atoms in total. The van der Waals surface area contributed by atoms with Gasteiger partial charge in [0.2, 0.25) is 0 Å². The van der Waals surface area contributed by atoms with Crippen LogP contribution < -0.4 is 10.5 Å². The monoisotopic (exact) mass is 300 g/mol. The second-order valence-corrected chi connectivity index (χ2v) is 4.70. The van der Waals surface area contributed by atoms with Crippen LogP contribution in [0.25, 0.3) is 0 Å². The quantitative estimate of drug-likeness (QED) is 0.389. The van der Waals surface area contributed by atoms with Gasteiger partial charge in [-0.25, -0.2) is 0 Å². The fourth-order valence-corrected chi connectivity index (χ4v) is 1.78. The number of rotatable bonds is 4. The Morgan fingerprint density at radius 2 is 2.00 bits per heavy atom. The SMILES string of the molecule is CCC(Oc1cc(C)c(Br)c(C)c1)/C(N)=N/O. The van der Waals surface area contributed by atoms with Gasteiger partial charge in [-0.3, -0.25) is 0 Å². The second-order valence-electron chi connectivity index (χ2n) is 3.91. The lowest BCUT2D eigenvalue weighted by Crippen LogP contribution is -2.33. The van der Waals surface area contributed by atoms with Crippen molar-refractivity contribution in [2.45, 2.75) is 33.3 Å². The number of oxime groups is 1. The van der Waals surface area contributed by atoms with Crippen molar-refractivity contribution in [1.29, 1.82) is 0 Å². The first-order chi connectivity index (χ1) is 7.99. The fourth-order valence-electron chi connectivity index (χ4n) is 1.56. The molecule has 0 saturated heterocycles. The third-order valence-corrected chi connectivity index (χ3v) is 3.76. The van der Waals surface area contributed by atoms with Crippen molar-refractivity contribution in [3.63, 3.8) is 0 Å². The van der Waals surface area contributed by atoms with Gasteiger partial charge in [0.05, 0.1) is 0 Å². The molecule has 0 heterocycles. The van der Waals surface area contributed by atoms with E-state index in [0.717, 1.165) is 21.3 Å². The molecule has 1 aromatic carbocycles. The molecule has 17 heavy (non-hydrogen) atoms. The van der Waals surface area contributed by atoms with Crippen LogP contribution in [-0.2, 0) is 0 Å². The molecule has 0 aliphatic heterocycles. The van der Waals surface area contributed by atoms with E-state index in [-0.39, 0.29) is 5.84 Å². The number of ether oxygens (including phenoxy) is 1. The molecule has 0 amide bonds. The van der Waals surface area contributed by atoms with E-state index in [4.69, 9.17) is 15.7 Å². The van der Waals surface area contributed by atoms with Crippen LogP contribution in [0.15, 0.2) is 21.8 Å². The molecule has 0 bridgehead atoms. The lowest BCUT2D eigenvalue weighted by molar-refractivity contribution is 0.246. The zero-order valence-corrected chi connectivity index (χ0v) is 11.8. The molecule has 0 aliphatic rings. The summed E-state index contributed by atoms with van der Waals surface area (Å²) in [5.41, 5.74) is 7.73. The number of aryl methyl sites for hydroxylation is 2. The number of amidine groups is 1. The minimum atomic E-state index is -0.403. The summed E-state index contributed by atoms with van der Waals surface area (Å²) < 4.78 is 6.77. The number of nitrogens with zero attached hydrogens (tertiary/aromatic N) is 1. The number of benzene rings is 1. The second kappa shape index (κ2) is 5.91. The molecule has 1 aromatic rings. The van der Waals surface area contributed by atoms with Crippen LogP contribution in [0.3, 0.4) is 0 Å². The molecule has 0 saturated carbocycles. The number of hydrogen-bond acceptors (Lipinski definition) is 3. The van der Waals surface area contributed by atoms with E-state index < -0.39 is 6.10 Å². The Morgan fingerprint density at radius 3 is 2.41 bits per heavy atom. The molecular formula is C12H17BrN2O2. The first-order valence-electron chi connectivity index (χ1n) is 5.40. The molecule has 0 aromatic heterocycles. The molecule has 5 heteroatoms. The zero-order chi connectivity index (χ0) is 13.0. The minimum absolute atomic E-state index is 0.0886. The van der Waals surface area contributed by atoms with E-state index in [1.807, 2.05) is 32.9 Å². The van der Waals surface area contributed by atoms with Gasteiger partial charge < -0.3 is 15.7 Å². The maximum atomic E-state index is 8.64. The van der Waals surface area contributed by atoms with Crippen LogP contribution in [0, 0.1) is 13.8 Å². The summed E-state index contributed by atoms with van der Waals surface area (Å²) in [7, 11) is 0. The first-order valence-corrected chi connectivity index (χ1v) is 6.19. The van der Waals surface area contributed by atoms with Crippen LogP contribution >= 0.6 is 15.9 Å². The van der Waals surface area contributed by atoms with Crippen LogP contribution in [-0.4, -0.2) is 17.1 Å². The van der Waals surface area contributed by atoms with Gasteiger partial charge in [0, 0.05) is 4.47 Å². The van der Waals surface area contributed by atoms with E-state index in [1.54, 1.807) is 0 Å². The Hall–Kier alpha value is -1.23. The summed E-state index contributed by atoms with van der Waals surface area (Å²) in [6.45, 7) is 5.91. The third kappa shape index (κ3) is 3.36. The van der Waals surface area contributed by atoms with E-state index in [9.17, 15) is 0 Å². The molecule has 0 spiro atoms. The Labute approximate surface area is 110 Å². The molecule has 0 fully saturated rings. The molecule has 3 N–H and O–H groups in total. The van der Waals surface area contributed by atoms with Gasteiger partial charge in [0.25, 0.3) is 0 Å². The largest absolute Gasteiger partial charge is 0.482 e. The normalized spacial score (nSPS) is 13.5. The van der Waals surface area contributed by atoms with Crippen molar-refractivity contribution < 1.29 is 9.94 Å². The van der Waals surface area contributed by atoms with Gasteiger partial charge in [0.15, 0.2) is 11.9 Å². The highest BCUT2D eigenvalue weighted by molar-refractivity contribution is 9.10. The highest BCUT2D eigenvalue weighted by atomic mass is 79.9. The summed E-state index contributed by atoms with van der Waals surface area (Å²) in [6.07, 6.45) is 0.240. The van der Waals surface area contributed by atoms with Crippen molar-refractivity contribution >= 4 is 21.8 Å². The Morgan fingerprint density at radius 1 is 1.47 bits per heavy atom. The van der Waals surface area contributed by atoms with Crippen LogP contribution in [0.5, 0.6) is 5.75 Å². The highest BCUT2D eigenvalue weighted by Gasteiger charge is 2.14. The van der Waals surface area contributed by atoms with Crippen molar-refractivity contribution in [3.05, 3.63) is 27.7 Å². The lowest BCUT2D eigenvalue weighted by atomic mass is 10.1. The molecule has 0 radical (unpaired) electrons. The average molecular weight is 301 g/mol. The van der Waals surface area contributed by atoms with Crippen LogP contribution in [0.4, 0.5) is 0 Å².